The minimum absolute atomic E-state index is 0.0750. The number of methoxy groups -OCH3 is 1. The van der Waals surface area contributed by atoms with E-state index in [0.717, 1.165) is 6.42 Å². The molecule has 0 heterocycles. The van der Waals surface area contributed by atoms with Gasteiger partial charge in [0.05, 0.1) is 19.1 Å². The zero-order valence-corrected chi connectivity index (χ0v) is 7.83. The van der Waals surface area contributed by atoms with Crippen molar-refractivity contribution in [2.75, 3.05) is 7.11 Å². The average molecular weight is 169 g/mol. The molecule has 0 radical (unpaired) electrons. The van der Waals surface area contributed by atoms with Crippen LogP contribution in [0.2, 0.25) is 0 Å². The van der Waals surface area contributed by atoms with Crippen molar-refractivity contribution in [3.8, 4) is 6.07 Å². The van der Waals surface area contributed by atoms with E-state index in [1.54, 1.807) is 0 Å². The van der Waals surface area contributed by atoms with Crippen molar-refractivity contribution < 1.29 is 9.53 Å². The first kappa shape index (κ1) is 11.0. The fourth-order valence-corrected chi connectivity index (χ4v) is 1.08. The predicted molar refractivity (Wildman–Crippen MR) is 45.2 cm³/mol. The largest absolute Gasteiger partial charge is 0.469 e. The topological polar surface area (TPSA) is 50.1 Å². The fraction of sp³-hybridized carbons (Fsp3) is 0.778. The third kappa shape index (κ3) is 3.38. The van der Waals surface area contributed by atoms with Gasteiger partial charge in [-0.3, -0.25) is 4.79 Å². The van der Waals surface area contributed by atoms with Crippen LogP contribution < -0.4 is 0 Å². The van der Waals surface area contributed by atoms with E-state index >= 15 is 0 Å². The molecular formula is C9H15NO2. The lowest BCUT2D eigenvalue weighted by Crippen LogP contribution is -2.17. The predicted octanol–water partition coefficient (Wildman–Crippen LogP) is 1.74. The highest BCUT2D eigenvalue weighted by molar-refractivity contribution is 5.72. The molecule has 0 saturated heterocycles. The molecule has 0 amide bonds. The third-order valence-corrected chi connectivity index (χ3v) is 1.89. The van der Waals surface area contributed by atoms with Crippen LogP contribution in [-0.2, 0) is 9.53 Å². The van der Waals surface area contributed by atoms with Crippen LogP contribution in [0.5, 0.6) is 0 Å². The van der Waals surface area contributed by atoms with E-state index in [-0.39, 0.29) is 17.8 Å². The molecule has 12 heavy (non-hydrogen) atoms. The first-order valence-electron chi connectivity index (χ1n) is 4.13. The number of hydrogen-bond acceptors (Lipinski definition) is 3. The van der Waals surface area contributed by atoms with Crippen molar-refractivity contribution in [2.24, 2.45) is 11.8 Å². The number of hydrogen-bond donors (Lipinski definition) is 0. The normalized spacial score (nSPS) is 14.5. The summed E-state index contributed by atoms with van der Waals surface area (Å²) in [6.45, 7) is 3.73. The van der Waals surface area contributed by atoms with Crippen LogP contribution in [0.25, 0.3) is 0 Å². The zero-order valence-electron chi connectivity index (χ0n) is 7.83. The summed E-state index contributed by atoms with van der Waals surface area (Å²) in [5.74, 6) is -0.404. The van der Waals surface area contributed by atoms with Crippen LogP contribution in [0.1, 0.15) is 26.7 Å². The maximum atomic E-state index is 11.1. The number of ether oxygens (including phenoxy) is 1. The standard InChI is InChI=1S/C9H15NO2/c1-4-8(9(11)12-3)5-7(2)6-10/h7-8H,4-5H2,1-3H3. The molecule has 3 nitrogen and oxygen atoms in total. The Bertz CT molecular complexity index is 183. The lowest BCUT2D eigenvalue weighted by Gasteiger charge is -2.12. The quantitative estimate of drug-likeness (QED) is 0.602. The first-order chi connectivity index (χ1) is 5.65. The highest BCUT2D eigenvalue weighted by Gasteiger charge is 2.19. The highest BCUT2D eigenvalue weighted by Crippen LogP contribution is 2.16. The summed E-state index contributed by atoms with van der Waals surface area (Å²) >= 11 is 0. The molecule has 0 N–H and O–H groups in total. The molecule has 0 aliphatic rings. The minimum atomic E-state index is -0.209. The molecule has 0 spiro atoms. The maximum Gasteiger partial charge on any atom is 0.308 e. The van der Waals surface area contributed by atoms with Gasteiger partial charge in [-0.1, -0.05) is 6.92 Å². The van der Waals surface area contributed by atoms with Crippen LogP contribution in [-0.4, -0.2) is 13.1 Å². The number of nitrogens with zero attached hydrogens (tertiary/aromatic N) is 1. The number of rotatable bonds is 4. The van der Waals surface area contributed by atoms with Crippen molar-refractivity contribution in [3.63, 3.8) is 0 Å². The Morgan fingerprint density at radius 3 is 2.58 bits per heavy atom. The first-order valence-corrected chi connectivity index (χ1v) is 4.13. The lowest BCUT2D eigenvalue weighted by molar-refractivity contribution is -0.146. The Labute approximate surface area is 73.3 Å². The van der Waals surface area contributed by atoms with E-state index in [9.17, 15) is 4.79 Å². The lowest BCUT2D eigenvalue weighted by atomic mass is 9.95. The van der Waals surface area contributed by atoms with Crippen molar-refractivity contribution >= 4 is 5.97 Å². The Morgan fingerprint density at radius 1 is 1.67 bits per heavy atom. The van der Waals surface area contributed by atoms with Gasteiger partial charge in [0.25, 0.3) is 0 Å². The third-order valence-electron chi connectivity index (χ3n) is 1.89. The molecule has 2 atom stereocenters. The maximum absolute atomic E-state index is 11.1. The Kier molecular flexibility index (Phi) is 5.11. The van der Waals surface area contributed by atoms with Gasteiger partial charge >= 0.3 is 5.97 Å². The van der Waals surface area contributed by atoms with Gasteiger partial charge in [0.2, 0.25) is 0 Å². The Hall–Kier alpha value is -1.04. The molecule has 0 aromatic carbocycles. The smallest absolute Gasteiger partial charge is 0.308 e. The van der Waals surface area contributed by atoms with Crippen LogP contribution in [0.4, 0.5) is 0 Å². The SMILES string of the molecule is CCC(CC(C)C#N)C(=O)OC. The molecule has 0 aromatic rings. The molecular weight excluding hydrogens is 154 g/mol. The number of nitriles is 1. The molecule has 0 aliphatic carbocycles. The van der Waals surface area contributed by atoms with E-state index in [4.69, 9.17) is 5.26 Å². The summed E-state index contributed by atoms with van der Waals surface area (Å²) in [6.07, 6.45) is 1.33. The summed E-state index contributed by atoms with van der Waals surface area (Å²) < 4.78 is 4.60. The van der Waals surface area contributed by atoms with Crippen molar-refractivity contribution in [2.45, 2.75) is 26.7 Å². The van der Waals surface area contributed by atoms with E-state index in [1.165, 1.54) is 7.11 Å². The summed E-state index contributed by atoms with van der Waals surface area (Å²) in [7, 11) is 1.38. The van der Waals surface area contributed by atoms with E-state index < -0.39 is 0 Å². The molecule has 0 saturated carbocycles. The second-order valence-electron chi connectivity index (χ2n) is 2.89. The highest BCUT2D eigenvalue weighted by atomic mass is 16.5. The summed E-state index contributed by atoms with van der Waals surface area (Å²) in [5, 5.41) is 8.53. The van der Waals surface area contributed by atoms with Gasteiger partial charge in [-0.2, -0.15) is 5.26 Å². The average Bonchev–Trinajstić information content (AvgIpc) is 2.12. The summed E-state index contributed by atoms with van der Waals surface area (Å²) in [5.41, 5.74) is 0. The van der Waals surface area contributed by atoms with E-state index in [0.29, 0.717) is 6.42 Å². The van der Waals surface area contributed by atoms with Crippen LogP contribution >= 0.6 is 0 Å². The van der Waals surface area contributed by atoms with Gasteiger partial charge in [-0.05, 0) is 19.8 Å². The molecule has 3 heteroatoms. The van der Waals surface area contributed by atoms with Gasteiger partial charge in [0.15, 0.2) is 0 Å². The van der Waals surface area contributed by atoms with Crippen molar-refractivity contribution in [3.05, 3.63) is 0 Å². The van der Waals surface area contributed by atoms with E-state index in [2.05, 4.69) is 10.8 Å². The summed E-state index contributed by atoms with van der Waals surface area (Å²) in [6, 6.07) is 2.10. The summed E-state index contributed by atoms with van der Waals surface area (Å²) in [4.78, 5) is 11.1. The number of carbonyl (C=O) groups is 1. The molecule has 0 rings (SSSR count). The molecule has 0 bridgehead atoms. The van der Waals surface area contributed by atoms with Crippen LogP contribution in [0.15, 0.2) is 0 Å². The second kappa shape index (κ2) is 5.59. The second-order valence-corrected chi connectivity index (χ2v) is 2.89. The van der Waals surface area contributed by atoms with Gasteiger partial charge < -0.3 is 4.74 Å². The number of carbonyl (C=O) groups excluding carboxylic acids is 1. The molecule has 0 aromatic heterocycles. The number of esters is 1. The van der Waals surface area contributed by atoms with Gasteiger partial charge in [0.1, 0.15) is 0 Å². The van der Waals surface area contributed by atoms with E-state index in [1.807, 2.05) is 13.8 Å². The van der Waals surface area contributed by atoms with Gasteiger partial charge in [0, 0.05) is 5.92 Å². The van der Waals surface area contributed by atoms with Crippen molar-refractivity contribution in [1.82, 2.24) is 0 Å². The molecule has 0 aliphatic heterocycles. The zero-order chi connectivity index (χ0) is 9.56. The van der Waals surface area contributed by atoms with Crippen molar-refractivity contribution in [1.29, 1.82) is 5.26 Å². The van der Waals surface area contributed by atoms with Gasteiger partial charge in [-0.25, -0.2) is 0 Å². The Balaban J connectivity index is 4.01. The monoisotopic (exact) mass is 169 g/mol. The minimum Gasteiger partial charge on any atom is -0.469 e. The molecule has 0 fully saturated rings. The van der Waals surface area contributed by atoms with Gasteiger partial charge in [-0.15, -0.1) is 0 Å². The van der Waals surface area contributed by atoms with Crippen LogP contribution in [0, 0.1) is 23.2 Å². The molecule has 68 valence electrons. The molecule has 2 unspecified atom stereocenters. The Morgan fingerprint density at radius 2 is 2.25 bits per heavy atom. The fourth-order valence-electron chi connectivity index (χ4n) is 1.08. The van der Waals surface area contributed by atoms with Crippen LogP contribution in [0.3, 0.4) is 0 Å².